The lowest BCUT2D eigenvalue weighted by Crippen LogP contribution is -2.00. The third-order valence-electron chi connectivity index (χ3n) is 2.11. The summed E-state index contributed by atoms with van der Waals surface area (Å²) in [6.45, 7) is 0. The van der Waals surface area contributed by atoms with E-state index in [0.717, 1.165) is 0 Å². The van der Waals surface area contributed by atoms with Gasteiger partial charge in [-0.2, -0.15) is 0 Å². The van der Waals surface area contributed by atoms with Crippen LogP contribution in [0.1, 0.15) is 9.67 Å². The summed E-state index contributed by atoms with van der Waals surface area (Å²) in [6.07, 6.45) is 2.87. The molecular weight excluding hydrogens is 230 g/mol. The minimum absolute atomic E-state index is 0.0132. The van der Waals surface area contributed by atoms with Crippen molar-refractivity contribution in [3.05, 3.63) is 17.3 Å². The summed E-state index contributed by atoms with van der Waals surface area (Å²) in [4.78, 5) is 15.6. The molecule has 0 saturated heterocycles. The van der Waals surface area contributed by atoms with Crippen LogP contribution in [0.15, 0.2) is 12.4 Å². The van der Waals surface area contributed by atoms with E-state index < -0.39 is 5.97 Å². The highest BCUT2D eigenvalue weighted by molar-refractivity contribution is 7.21. The van der Waals surface area contributed by atoms with E-state index in [2.05, 4.69) is 9.72 Å². The molecule has 2 aromatic rings. The second kappa shape index (κ2) is 3.97. The summed E-state index contributed by atoms with van der Waals surface area (Å²) in [7, 11) is 2.73. The van der Waals surface area contributed by atoms with Crippen molar-refractivity contribution in [3.63, 3.8) is 0 Å². The minimum atomic E-state index is -0.488. The minimum Gasteiger partial charge on any atom is -0.506 e. The third-order valence-corrected chi connectivity index (χ3v) is 3.20. The Morgan fingerprint density at radius 3 is 2.81 bits per heavy atom. The smallest absolute Gasteiger partial charge is 0.351 e. The van der Waals surface area contributed by atoms with Gasteiger partial charge >= 0.3 is 5.97 Å². The Bertz CT molecular complexity index is 549. The van der Waals surface area contributed by atoms with Crippen LogP contribution < -0.4 is 4.74 Å². The second-order valence-corrected chi connectivity index (χ2v) is 4.04. The molecule has 2 aromatic heterocycles. The van der Waals surface area contributed by atoms with Crippen LogP contribution in [0.2, 0.25) is 0 Å². The topological polar surface area (TPSA) is 68.7 Å². The van der Waals surface area contributed by atoms with E-state index in [1.807, 2.05) is 0 Å². The van der Waals surface area contributed by atoms with Crippen LogP contribution in [-0.4, -0.2) is 30.3 Å². The fourth-order valence-corrected chi connectivity index (χ4v) is 2.51. The number of ether oxygens (including phenoxy) is 2. The molecule has 0 amide bonds. The third kappa shape index (κ3) is 1.47. The predicted octanol–water partition coefficient (Wildman–Crippen LogP) is 1.80. The van der Waals surface area contributed by atoms with Gasteiger partial charge in [0.15, 0.2) is 10.6 Å². The summed E-state index contributed by atoms with van der Waals surface area (Å²) in [5.41, 5.74) is 0. The lowest BCUT2D eigenvalue weighted by atomic mass is 10.2. The molecule has 0 atom stereocenters. The largest absolute Gasteiger partial charge is 0.506 e. The number of nitrogens with zero attached hydrogens (tertiary/aromatic N) is 1. The standard InChI is InChI=1S/C10H9NO4S/c1-14-8-7-5(12)3-11-4-6(7)16-9(8)10(13)15-2/h3-4,12H,1-2H3. The van der Waals surface area contributed by atoms with Gasteiger partial charge in [0.25, 0.3) is 0 Å². The summed E-state index contributed by atoms with van der Waals surface area (Å²) in [5.74, 6) is -0.176. The molecule has 0 aromatic carbocycles. The summed E-state index contributed by atoms with van der Waals surface area (Å²) < 4.78 is 10.4. The van der Waals surface area contributed by atoms with Crippen LogP contribution in [0.4, 0.5) is 0 Å². The molecule has 16 heavy (non-hydrogen) atoms. The number of esters is 1. The Labute approximate surface area is 95.3 Å². The Morgan fingerprint density at radius 2 is 2.19 bits per heavy atom. The lowest BCUT2D eigenvalue weighted by Gasteiger charge is -2.01. The number of carbonyl (C=O) groups is 1. The molecule has 0 spiro atoms. The van der Waals surface area contributed by atoms with Gasteiger partial charge in [-0.3, -0.25) is 4.98 Å². The lowest BCUT2D eigenvalue weighted by molar-refractivity contribution is 0.0603. The highest BCUT2D eigenvalue weighted by atomic mass is 32.1. The number of aromatic nitrogens is 1. The van der Waals surface area contributed by atoms with Crippen molar-refractivity contribution < 1.29 is 19.4 Å². The molecule has 0 unspecified atom stereocenters. The van der Waals surface area contributed by atoms with Crippen LogP contribution in [0.3, 0.4) is 0 Å². The highest BCUT2D eigenvalue weighted by Crippen LogP contribution is 2.41. The number of hydrogen-bond acceptors (Lipinski definition) is 6. The van der Waals surface area contributed by atoms with E-state index in [1.165, 1.54) is 31.8 Å². The number of aromatic hydroxyl groups is 1. The molecule has 1 N–H and O–H groups in total. The van der Waals surface area contributed by atoms with Crippen LogP contribution in [0.5, 0.6) is 11.5 Å². The van der Waals surface area contributed by atoms with Crippen LogP contribution >= 0.6 is 11.3 Å². The SMILES string of the molecule is COC(=O)c1sc2cncc(O)c2c1OC. The maximum Gasteiger partial charge on any atom is 0.351 e. The molecule has 0 aliphatic heterocycles. The van der Waals surface area contributed by atoms with Crippen LogP contribution in [-0.2, 0) is 4.74 Å². The number of carbonyl (C=O) groups excluding carboxylic acids is 1. The zero-order chi connectivity index (χ0) is 11.7. The molecule has 84 valence electrons. The Kier molecular flexibility index (Phi) is 2.66. The maximum atomic E-state index is 11.5. The van der Waals surface area contributed by atoms with Gasteiger partial charge < -0.3 is 14.6 Å². The van der Waals surface area contributed by atoms with Gasteiger partial charge in [0, 0.05) is 6.20 Å². The van der Waals surface area contributed by atoms with Crippen molar-refractivity contribution >= 4 is 27.4 Å². The van der Waals surface area contributed by atoms with Crippen molar-refractivity contribution in [1.29, 1.82) is 0 Å². The molecular formula is C10H9NO4S. The van der Waals surface area contributed by atoms with Gasteiger partial charge in [-0.25, -0.2) is 4.79 Å². The Hall–Kier alpha value is -1.82. The van der Waals surface area contributed by atoms with Gasteiger partial charge in [-0.15, -0.1) is 11.3 Å². The average Bonchev–Trinajstić information content (AvgIpc) is 2.68. The van der Waals surface area contributed by atoms with Gasteiger partial charge in [-0.05, 0) is 0 Å². The first-order chi connectivity index (χ1) is 7.69. The first-order valence-corrected chi connectivity index (χ1v) is 5.22. The summed E-state index contributed by atoms with van der Waals surface area (Å²) in [5, 5.41) is 10.2. The Morgan fingerprint density at radius 1 is 1.44 bits per heavy atom. The first kappa shape index (κ1) is 10.7. The number of fused-ring (bicyclic) bond motifs is 1. The molecule has 0 fully saturated rings. The van der Waals surface area contributed by atoms with Crippen LogP contribution in [0.25, 0.3) is 10.1 Å². The number of methoxy groups -OCH3 is 2. The van der Waals surface area contributed by atoms with Gasteiger partial charge in [0.1, 0.15) is 5.75 Å². The van der Waals surface area contributed by atoms with E-state index in [1.54, 1.807) is 6.20 Å². The average molecular weight is 239 g/mol. The molecule has 0 radical (unpaired) electrons. The number of hydrogen-bond donors (Lipinski definition) is 1. The molecule has 0 aliphatic carbocycles. The monoisotopic (exact) mass is 239 g/mol. The summed E-state index contributed by atoms with van der Waals surface area (Å²) >= 11 is 1.17. The van der Waals surface area contributed by atoms with Crippen molar-refractivity contribution in [2.24, 2.45) is 0 Å². The van der Waals surface area contributed by atoms with E-state index in [0.29, 0.717) is 20.7 Å². The van der Waals surface area contributed by atoms with Crippen molar-refractivity contribution in [2.45, 2.75) is 0 Å². The normalized spacial score (nSPS) is 10.4. The zero-order valence-corrected chi connectivity index (χ0v) is 9.50. The van der Waals surface area contributed by atoms with E-state index in [9.17, 15) is 9.90 Å². The first-order valence-electron chi connectivity index (χ1n) is 4.40. The zero-order valence-electron chi connectivity index (χ0n) is 8.68. The molecule has 0 bridgehead atoms. The van der Waals surface area contributed by atoms with E-state index in [-0.39, 0.29) is 5.75 Å². The van der Waals surface area contributed by atoms with Crippen molar-refractivity contribution in [1.82, 2.24) is 4.98 Å². The molecule has 5 nitrogen and oxygen atoms in total. The van der Waals surface area contributed by atoms with E-state index >= 15 is 0 Å². The number of rotatable bonds is 2. The highest BCUT2D eigenvalue weighted by Gasteiger charge is 2.22. The fraction of sp³-hybridized carbons (Fsp3) is 0.200. The van der Waals surface area contributed by atoms with Gasteiger partial charge in [-0.1, -0.05) is 0 Å². The second-order valence-electron chi connectivity index (χ2n) is 2.99. The van der Waals surface area contributed by atoms with Gasteiger partial charge in [0.05, 0.1) is 30.5 Å². The number of pyridine rings is 1. The Balaban J connectivity index is 2.77. The quantitative estimate of drug-likeness (QED) is 0.809. The van der Waals surface area contributed by atoms with Crippen LogP contribution in [0, 0.1) is 0 Å². The van der Waals surface area contributed by atoms with Crippen molar-refractivity contribution in [2.75, 3.05) is 14.2 Å². The van der Waals surface area contributed by atoms with E-state index in [4.69, 9.17) is 4.74 Å². The maximum absolute atomic E-state index is 11.5. The molecule has 2 rings (SSSR count). The van der Waals surface area contributed by atoms with Crippen molar-refractivity contribution in [3.8, 4) is 11.5 Å². The fourth-order valence-electron chi connectivity index (χ4n) is 1.43. The molecule has 0 aliphatic rings. The van der Waals surface area contributed by atoms with Gasteiger partial charge in [0.2, 0.25) is 0 Å². The molecule has 0 saturated carbocycles. The number of thiophene rings is 1. The predicted molar refractivity (Wildman–Crippen MR) is 59.2 cm³/mol. The molecule has 2 heterocycles. The summed E-state index contributed by atoms with van der Waals surface area (Å²) in [6, 6.07) is 0. The molecule has 6 heteroatoms.